The lowest BCUT2D eigenvalue weighted by Crippen LogP contribution is -1.87. The van der Waals surface area contributed by atoms with Crippen molar-refractivity contribution in [2.45, 2.75) is 0 Å². The number of hydrogen-bond donors (Lipinski definition) is 1. The lowest BCUT2D eigenvalue weighted by Gasteiger charge is -1.95. The van der Waals surface area contributed by atoms with Crippen molar-refractivity contribution >= 4 is 17.5 Å². The van der Waals surface area contributed by atoms with Gasteiger partial charge in [0, 0.05) is 11.6 Å². The van der Waals surface area contributed by atoms with E-state index in [1.165, 1.54) is 12.1 Å². The van der Waals surface area contributed by atoms with Crippen molar-refractivity contribution in [3.63, 3.8) is 0 Å². The Morgan fingerprint density at radius 2 is 1.79 bits per heavy atom. The molecule has 0 unspecified atom stereocenters. The van der Waals surface area contributed by atoms with Gasteiger partial charge < -0.3 is 5.73 Å². The predicted molar refractivity (Wildman–Crippen MR) is 49.7 cm³/mol. The second kappa shape index (κ2) is 3.30. The van der Waals surface area contributed by atoms with Crippen LogP contribution in [0.5, 0.6) is 0 Å². The molecule has 0 spiro atoms. The van der Waals surface area contributed by atoms with Crippen molar-refractivity contribution in [3.05, 3.63) is 29.8 Å². The smallest absolute Gasteiger partial charge is 0.232 e. The molecule has 1 heterocycles. The Kier molecular flexibility index (Phi) is 2.12. The van der Waals surface area contributed by atoms with Crippen molar-refractivity contribution < 1.29 is 8.78 Å². The maximum atomic E-state index is 12.8. The Morgan fingerprint density at radius 1 is 1.14 bits per heavy atom. The van der Waals surface area contributed by atoms with Crippen LogP contribution in [-0.4, -0.2) is 9.36 Å². The molecular weight excluding hydrogens is 208 g/mol. The van der Waals surface area contributed by atoms with E-state index in [4.69, 9.17) is 5.73 Å². The van der Waals surface area contributed by atoms with E-state index in [1.807, 2.05) is 0 Å². The van der Waals surface area contributed by atoms with Crippen LogP contribution in [0.1, 0.15) is 0 Å². The van der Waals surface area contributed by atoms with Gasteiger partial charge in [-0.1, -0.05) is 0 Å². The van der Waals surface area contributed by atoms with E-state index < -0.39 is 11.6 Å². The van der Waals surface area contributed by atoms with Gasteiger partial charge in [0.15, 0.2) is 0 Å². The summed E-state index contributed by atoms with van der Waals surface area (Å²) in [5.74, 6) is -1.18. The molecule has 0 radical (unpaired) electrons. The maximum Gasteiger partial charge on any atom is 0.232 e. The number of nitrogens with zero attached hydrogens (tertiary/aromatic N) is 2. The van der Waals surface area contributed by atoms with Crippen molar-refractivity contribution in [1.29, 1.82) is 0 Å². The molecule has 0 aliphatic heterocycles. The molecule has 0 atom stereocenters. The third-order valence-corrected chi connectivity index (χ3v) is 2.33. The number of nitrogens with two attached hydrogens (primary N) is 1. The minimum absolute atomic E-state index is 0.106. The number of anilines is 1. The second-order valence-electron chi connectivity index (χ2n) is 2.62. The zero-order chi connectivity index (χ0) is 10.1. The van der Waals surface area contributed by atoms with Crippen LogP contribution in [0.15, 0.2) is 18.2 Å². The molecular formula is C8H5F2N3S. The van der Waals surface area contributed by atoms with E-state index in [-0.39, 0.29) is 5.95 Å². The van der Waals surface area contributed by atoms with Crippen LogP contribution in [0.2, 0.25) is 0 Å². The van der Waals surface area contributed by atoms with E-state index in [0.717, 1.165) is 17.6 Å². The standard InChI is InChI=1S/C8H5F2N3S/c9-5-1-4(2-6(10)3-5)7-12-8(11)13-14-7/h1-3H,(H2,11,13). The fourth-order valence-corrected chi connectivity index (χ4v) is 1.61. The van der Waals surface area contributed by atoms with Gasteiger partial charge >= 0.3 is 0 Å². The molecule has 0 saturated heterocycles. The first-order valence-corrected chi connectivity index (χ1v) is 4.48. The molecule has 0 aliphatic carbocycles. The summed E-state index contributed by atoms with van der Waals surface area (Å²) in [6.45, 7) is 0. The fraction of sp³-hybridized carbons (Fsp3) is 0. The minimum atomic E-state index is -0.645. The first-order chi connectivity index (χ1) is 6.65. The summed E-state index contributed by atoms with van der Waals surface area (Å²) in [5, 5.41) is 0.404. The Labute approximate surface area is 82.4 Å². The third-order valence-electron chi connectivity index (χ3n) is 1.55. The number of benzene rings is 1. The first kappa shape index (κ1) is 9.01. The van der Waals surface area contributed by atoms with Crippen LogP contribution < -0.4 is 5.73 Å². The van der Waals surface area contributed by atoms with E-state index in [9.17, 15) is 8.78 Å². The van der Waals surface area contributed by atoms with Gasteiger partial charge in [-0.05, 0) is 23.7 Å². The number of halogens is 2. The van der Waals surface area contributed by atoms with Crippen LogP contribution in [-0.2, 0) is 0 Å². The van der Waals surface area contributed by atoms with E-state index in [0.29, 0.717) is 10.6 Å². The quantitative estimate of drug-likeness (QED) is 0.788. The summed E-state index contributed by atoms with van der Waals surface area (Å²) in [5.41, 5.74) is 5.64. The minimum Gasteiger partial charge on any atom is -0.367 e. The number of aromatic nitrogens is 2. The lowest BCUT2D eigenvalue weighted by atomic mass is 10.2. The van der Waals surface area contributed by atoms with Crippen molar-refractivity contribution in [2.75, 3.05) is 5.73 Å². The zero-order valence-electron chi connectivity index (χ0n) is 6.87. The maximum absolute atomic E-state index is 12.8. The molecule has 2 aromatic rings. The average Bonchev–Trinajstić information content (AvgIpc) is 2.50. The topological polar surface area (TPSA) is 51.8 Å². The van der Waals surface area contributed by atoms with Gasteiger partial charge in [0.2, 0.25) is 5.95 Å². The highest BCUT2D eigenvalue weighted by Crippen LogP contribution is 2.23. The largest absolute Gasteiger partial charge is 0.367 e. The molecule has 0 amide bonds. The van der Waals surface area contributed by atoms with Crippen LogP contribution in [0, 0.1) is 11.6 Å². The third kappa shape index (κ3) is 1.69. The highest BCUT2D eigenvalue weighted by atomic mass is 32.1. The monoisotopic (exact) mass is 213 g/mol. The van der Waals surface area contributed by atoms with Gasteiger partial charge in [-0.25, -0.2) is 8.78 Å². The van der Waals surface area contributed by atoms with Crippen molar-refractivity contribution in [3.8, 4) is 10.6 Å². The SMILES string of the molecule is Nc1nsc(-c2cc(F)cc(F)c2)n1. The summed E-state index contributed by atoms with van der Waals surface area (Å²) in [6.07, 6.45) is 0. The van der Waals surface area contributed by atoms with E-state index in [1.54, 1.807) is 0 Å². The molecule has 14 heavy (non-hydrogen) atoms. The lowest BCUT2D eigenvalue weighted by molar-refractivity contribution is 0.584. The van der Waals surface area contributed by atoms with Gasteiger partial charge in [-0.15, -0.1) is 0 Å². The second-order valence-corrected chi connectivity index (χ2v) is 3.37. The summed E-state index contributed by atoms with van der Waals surface area (Å²) in [4.78, 5) is 3.82. The predicted octanol–water partition coefficient (Wildman–Crippen LogP) is 2.07. The van der Waals surface area contributed by atoms with Crippen molar-refractivity contribution in [1.82, 2.24) is 9.36 Å². The molecule has 0 aliphatic rings. The van der Waals surface area contributed by atoms with Crippen LogP contribution in [0.3, 0.4) is 0 Å². The highest BCUT2D eigenvalue weighted by molar-refractivity contribution is 7.09. The Morgan fingerprint density at radius 3 is 2.29 bits per heavy atom. The number of hydrogen-bond acceptors (Lipinski definition) is 4. The average molecular weight is 213 g/mol. The molecule has 2 rings (SSSR count). The molecule has 72 valence electrons. The molecule has 1 aromatic carbocycles. The Balaban J connectivity index is 2.51. The summed E-state index contributed by atoms with van der Waals surface area (Å²) in [6, 6.07) is 3.17. The van der Waals surface area contributed by atoms with Crippen LogP contribution >= 0.6 is 11.5 Å². The first-order valence-electron chi connectivity index (χ1n) is 3.71. The van der Waals surface area contributed by atoms with E-state index in [2.05, 4.69) is 9.36 Å². The Hall–Kier alpha value is -1.56. The van der Waals surface area contributed by atoms with Gasteiger partial charge in [0.05, 0.1) is 0 Å². The molecule has 3 nitrogen and oxygen atoms in total. The zero-order valence-corrected chi connectivity index (χ0v) is 7.68. The summed E-state index contributed by atoms with van der Waals surface area (Å²) in [7, 11) is 0. The van der Waals surface area contributed by atoms with Gasteiger partial charge in [0.1, 0.15) is 16.6 Å². The molecule has 0 fully saturated rings. The molecule has 0 bridgehead atoms. The number of rotatable bonds is 1. The summed E-state index contributed by atoms with van der Waals surface area (Å²) < 4.78 is 29.3. The number of nitrogen functional groups attached to an aromatic ring is 1. The highest BCUT2D eigenvalue weighted by Gasteiger charge is 2.07. The van der Waals surface area contributed by atoms with Gasteiger partial charge in [-0.2, -0.15) is 9.36 Å². The van der Waals surface area contributed by atoms with Crippen molar-refractivity contribution in [2.24, 2.45) is 0 Å². The normalized spacial score (nSPS) is 10.4. The molecule has 2 N–H and O–H groups in total. The van der Waals surface area contributed by atoms with E-state index >= 15 is 0 Å². The van der Waals surface area contributed by atoms with Gasteiger partial charge in [0.25, 0.3) is 0 Å². The van der Waals surface area contributed by atoms with Crippen LogP contribution in [0.4, 0.5) is 14.7 Å². The summed E-state index contributed by atoms with van der Waals surface area (Å²) >= 11 is 1.00. The Bertz CT molecular complexity index is 449. The fourth-order valence-electron chi connectivity index (χ4n) is 1.03. The van der Waals surface area contributed by atoms with Crippen LogP contribution in [0.25, 0.3) is 10.6 Å². The molecule has 1 aromatic heterocycles. The molecule has 0 saturated carbocycles. The van der Waals surface area contributed by atoms with Gasteiger partial charge in [-0.3, -0.25) is 0 Å². The molecule has 6 heteroatoms.